The number of hydrogen-bond donors (Lipinski definition) is 1. The molecule has 2 atom stereocenters. The SMILES string of the molecule is CCCCCC(O)C1CCOC2(CCC2)C1. The van der Waals surface area contributed by atoms with E-state index >= 15 is 0 Å². The molecule has 2 unspecified atom stereocenters. The quantitative estimate of drug-likeness (QED) is 0.729. The maximum atomic E-state index is 10.2. The van der Waals surface area contributed by atoms with Gasteiger partial charge in [-0.1, -0.05) is 26.2 Å². The summed E-state index contributed by atoms with van der Waals surface area (Å²) in [6.45, 7) is 3.08. The van der Waals surface area contributed by atoms with Crippen LogP contribution in [-0.2, 0) is 4.74 Å². The van der Waals surface area contributed by atoms with E-state index in [1.807, 2.05) is 0 Å². The molecule has 0 aromatic carbocycles. The second-order valence-corrected chi connectivity index (χ2v) is 5.70. The van der Waals surface area contributed by atoms with Crippen molar-refractivity contribution in [2.75, 3.05) is 6.61 Å². The van der Waals surface area contributed by atoms with Gasteiger partial charge in [-0.3, -0.25) is 0 Å². The maximum absolute atomic E-state index is 10.2. The molecule has 94 valence electrons. The molecular weight excluding hydrogens is 200 g/mol. The van der Waals surface area contributed by atoms with Crippen molar-refractivity contribution in [1.29, 1.82) is 0 Å². The van der Waals surface area contributed by atoms with Crippen molar-refractivity contribution in [1.82, 2.24) is 0 Å². The van der Waals surface area contributed by atoms with Crippen LogP contribution in [0, 0.1) is 5.92 Å². The van der Waals surface area contributed by atoms with Crippen molar-refractivity contribution < 1.29 is 9.84 Å². The third-order valence-electron chi connectivity index (χ3n) is 4.44. The van der Waals surface area contributed by atoms with Gasteiger partial charge in [0.25, 0.3) is 0 Å². The molecule has 0 aromatic heterocycles. The lowest BCUT2D eigenvalue weighted by atomic mass is 9.70. The van der Waals surface area contributed by atoms with Crippen LogP contribution >= 0.6 is 0 Å². The molecule has 2 heteroatoms. The van der Waals surface area contributed by atoms with Gasteiger partial charge in [0.1, 0.15) is 0 Å². The molecule has 2 rings (SSSR count). The first-order chi connectivity index (χ1) is 7.76. The van der Waals surface area contributed by atoms with Gasteiger partial charge in [0, 0.05) is 6.61 Å². The predicted molar refractivity (Wildman–Crippen MR) is 65.4 cm³/mol. The Morgan fingerprint density at radius 3 is 2.81 bits per heavy atom. The summed E-state index contributed by atoms with van der Waals surface area (Å²) in [6.07, 6.45) is 10.5. The molecule has 16 heavy (non-hydrogen) atoms. The van der Waals surface area contributed by atoms with E-state index in [-0.39, 0.29) is 11.7 Å². The van der Waals surface area contributed by atoms with E-state index in [1.165, 1.54) is 38.5 Å². The number of aliphatic hydroxyl groups is 1. The van der Waals surface area contributed by atoms with Gasteiger partial charge >= 0.3 is 0 Å². The van der Waals surface area contributed by atoms with Crippen LogP contribution in [0.1, 0.15) is 64.7 Å². The second kappa shape index (κ2) is 5.50. The zero-order chi connectivity index (χ0) is 11.4. The fourth-order valence-corrected chi connectivity index (χ4v) is 3.15. The molecule has 2 nitrogen and oxygen atoms in total. The molecule has 2 aliphatic rings. The molecule has 1 saturated carbocycles. The van der Waals surface area contributed by atoms with Gasteiger partial charge < -0.3 is 9.84 Å². The van der Waals surface area contributed by atoms with E-state index in [9.17, 15) is 5.11 Å². The monoisotopic (exact) mass is 226 g/mol. The van der Waals surface area contributed by atoms with Crippen LogP contribution in [-0.4, -0.2) is 23.4 Å². The Morgan fingerprint density at radius 2 is 2.19 bits per heavy atom. The molecule has 0 radical (unpaired) electrons. The normalized spacial score (nSPS) is 30.0. The van der Waals surface area contributed by atoms with Crippen LogP contribution in [0.2, 0.25) is 0 Å². The minimum absolute atomic E-state index is 0.0760. The fourth-order valence-electron chi connectivity index (χ4n) is 3.15. The van der Waals surface area contributed by atoms with Crippen molar-refractivity contribution in [2.24, 2.45) is 5.92 Å². The Bertz CT molecular complexity index is 211. The average molecular weight is 226 g/mol. The summed E-state index contributed by atoms with van der Waals surface area (Å²) in [5.41, 5.74) is 0.189. The van der Waals surface area contributed by atoms with Crippen LogP contribution in [0.25, 0.3) is 0 Å². The highest BCUT2D eigenvalue weighted by Crippen LogP contribution is 2.45. The minimum Gasteiger partial charge on any atom is -0.393 e. The van der Waals surface area contributed by atoms with Gasteiger partial charge in [0.15, 0.2) is 0 Å². The topological polar surface area (TPSA) is 29.5 Å². The molecular formula is C14H26O2. The number of rotatable bonds is 5. The Kier molecular flexibility index (Phi) is 4.26. The molecule has 0 bridgehead atoms. The fraction of sp³-hybridized carbons (Fsp3) is 1.00. The lowest BCUT2D eigenvalue weighted by Crippen LogP contribution is -2.47. The molecule has 1 aliphatic heterocycles. The highest BCUT2D eigenvalue weighted by Gasteiger charge is 2.43. The lowest BCUT2D eigenvalue weighted by molar-refractivity contribution is -0.157. The predicted octanol–water partition coefficient (Wildman–Crippen LogP) is 3.28. The van der Waals surface area contributed by atoms with E-state index in [0.29, 0.717) is 5.92 Å². The van der Waals surface area contributed by atoms with Crippen LogP contribution in [0.3, 0.4) is 0 Å². The molecule has 2 fully saturated rings. The third-order valence-corrected chi connectivity index (χ3v) is 4.44. The van der Waals surface area contributed by atoms with Crippen LogP contribution in [0.5, 0.6) is 0 Å². The highest BCUT2D eigenvalue weighted by molar-refractivity contribution is 4.95. The van der Waals surface area contributed by atoms with Crippen LogP contribution in [0.4, 0.5) is 0 Å². The van der Waals surface area contributed by atoms with E-state index < -0.39 is 0 Å². The summed E-state index contributed by atoms with van der Waals surface area (Å²) in [5, 5.41) is 10.2. The first-order valence-electron chi connectivity index (χ1n) is 7.08. The summed E-state index contributed by atoms with van der Waals surface area (Å²) in [4.78, 5) is 0. The summed E-state index contributed by atoms with van der Waals surface area (Å²) < 4.78 is 5.90. The van der Waals surface area contributed by atoms with Crippen LogP contribution < -0.4 is 0 Å². The van der Waals surface area contributed by atoms with Crippen molar-refractivity contribution in [3.63, 3.8) is 0 Å². The zero-order valence-corrected chi connectivity index (χ0v) is 10.6. The first-order valence-corrected chi connectivity index (χ1v) is 7.08. The van der Waals surface area contributed by atoms with Gasteiger partial charge in [0.2, 0.25) is 0 Å². The maximum Gasteiger partial charge on any atom is 0.0686 e. The Labute approximate surface area is 99.4 Å². The van der Waals surface area contributed by atoms with E-state index in [2.05, 4.69) is 6.92 Å². The number of hydrogen-bond acceptors (Lipinski definition) is 2. The summed E-state index contributed by atoms with van der Waals surface area (Å²) >= 11 is 0. The Hall–Kier alpha value is -0.0800. The summed E-state index contributed by atoms with van der Waals surface area (Å²) in [6, 6.07) is 0. The van der Waals surface area contributed by atoms with Crippen LogP contribution in [0.15, 0.2) is 0 Å². The van der Waals surface area contributed by atoms with E-state index in [0.717, 1.165) is 25.9 Å². The number of aliphatic hydroxyl groups excluding tert-OH is 1. The largest absolute Gasteiger partial charge is 0.393 e. The average Bonchev–Trinajstić information content (AvgIpc) is 2.27. The summed E-state index contributed by atoms with van der Waals surface area (Å²) in [7, 11) is 0. The Morgan fingerprint density at radius 1 is 1.38 bits per heavy atom. The highest BCUT2D eigenvalue weighted by atomic mass is 16.5. The molecule has 1 heterocycles. The van der Waals surface area contributed by atoms with E-state index in [1.54, 1.807) is 0 Å². The Balaban J connectivity index is 1.75. The van der Waals surface area contributed by atoms with E-state index in [4.69, 9.17) is 4.74 Å². The second-order valence-electron chi connectivity index (χ2n) is 5.70. The van der Waals surface area contributed by atoms with Crippen molar-refractivity contribution in [2.45, 2.75) is 76.4 Å². The van der Waals surface area contributed by atoms with Crippen molar-refractivity contribution >= 4 is 0 Å². The lowest BCUT2D eigenvalue weighted by Gasteiger charge is -2.48. The molecule has 1 aliphatic carbocycles. The van der Waals surface area contributed by atoms with Crippen molar-refractivity contribution in [3.8, 4) is 0 Å². The smallest absolute Gasteiger partial charge is 0.0686 e. The van der Waals surface area contributed by atoms with Gasteiger partial charge in [-0.05, 0) is 44.4 Å². The molecule has 1 spiro atoms. The van der Waals surface area contributed by atoms with Gasteiger partial charge in [-0.15, -0.1) is 0 Å². The number of ether oxygens (including phenoxy) is 1. The molecule has 0 amide bonds. The minimum atomic E-state index is -0.0760. The van der Waals surface area contributed by atoms with Crippen molar-refractivity contribution in [3.05, 3.63) is 0 Å². The van der Waals surface area contributed by atoms with Gasteiger partial charge in [-0.25, -0.2) is 0 Å². The first kappa shape index (κ1) is 12.4. The zero-order valence-electron chi connectivity index (χ0n) is 10.6. The molecule has 1 N–H and O–H groups in total. The summed E-state index contributed by atoms with van der Waals surface area (Å²) in [5.74, 6) is 0.505. The van der Waals surface area contributed by atoms with Gasteiger partial charge in [0.05, 0.1) is 11.7 Å². The molecule has 1 saturated heterocycles. The molecule has 0 aromatic rings. The van der Waals surface area contributed by atoms with Gasteiger partial charge in [-0.2, -0.15) is 0 Å². The third kappa shape index (κ3) is 2.78. The number of unbranched alkanes of at least 4 members (excludes halogenated alkanes) is 2. The standard InChI is InChI=1S/C14H26O2/c1-2-3-4-6-13(15)12-7-10-16-14(11-12)8-5-9-14/h12-13,15H,2-11H2,1H3.